The summed E-state index contributed by atoms with van der Waals surface area (Å²) in [6.45, 7) is 0.149. The van der Waals surface area contributed by atoms with Crippen molar-refractivity contribution in [3.05, 3.63) is 71.8 Å². The first kappa shape index (κ1) is 17.7. The van der Waals surface area contributed by atoms with Gasteiger partial charge in [-0.2, -0.15) is 0 Å². The van der Waals surface area contributed by atoms with Gasteiger partial charge in [-0.3, -0.25) is 4.79 Å². The van der Waals surface area contributed by atoms with E-state index in [1.165, 1.54) is 0 Å². The fourth-order valence-electron chi connectivity index (χ4n) is 2.67. The van der Waals surface area contributed by atoms with Crippen LogP contribution in [0, 0.1) is 0 Å². The fraction of sp³-hybridized carbons (Fsp3) is 0.250. The molecule has 0 N–H and O–H groups in total. The second-order valence-corrected chi connectivity index (χ2v) is 5.94. The van der Waals surface area contributed by atoms with Crippen LogP contribution in [-0.4, -0.2) is 42.1 Å². The van der Waals surface area contributed by atoms with Crippen molar-refractivity contribution in [3.8, 4) is 0 Å². The Morgan fingerprint density at radius 1 is 0.962 bits per heavy atom. The molecule has 0 radical (unpaired) electrons. The molecule has 0 spiro atoms. The van der Waals surface area contributed by atoms with E-state index in [0.29, 0.717) is 12.0 Å². The van der Waals surface area contributed by atoms with Crippen LogP contribution < -0.4 is 0 Å². The predicted molar refractivity (Wildman–Crippen MR) is 93.5 cm³/mol. The highest BCUT2D eigenvalue weighted by Crippen LogP contribution is 2.21. The molecule has 0 aromatic heterocycles. The first-order valence-electron chi connectivity index (χ1n) is 8.40. The normalized spacial score (nSPS) is 15.9. The van der Waals surface area contributed by atoms with Gasteiger partial charge in [-0.15, -0.1) is 0 Å². The minimum atomic E-state index is -0.696. The van der Waals surface area contributed by atoms with E-state index in [-0.39, 0.29) is 25.5 Å². The number of β-lactam (4-membered cyclic amide) rings is 1. The fourth-order valence-corrected chi connectivity index (χ4v) is 2.67. The number of carbonyl (C=O) groups is 3. The molecule has 1 unspecified atom stereocenters. The summed E-state index contributed by atoms with van der Waals surface area (Å²) in [5.41, 5.74) is 1.47. The summed E-state index contributed by atoms with van der Waals surface area (Å²) in [6, 6.07) is 17.7. The number of nitrogens with zero attached hydrogens (tertiary/aromatic N) is 1. The number of esters is 1. The molecule has 0 aliphatic carbocycles. The van der Waals surface area contributed by atoms with Gasteiger partial charge in [0, 0.05) is 6.42 Å². The molecule has 2 aromatic carbocycles. The lowest BCUT2D eigenvalue weighted by Crippen LogP contribution is -2.57. The summed E-state index contributed by atoms with van der Waals surface area (Å²) >= 11 is 0. The first-order valence-corrected chi connectivity index (χ1v) is 8.40. The van der Waals surface area contributed by atoms with Crippen LogP contribution in [0.2, 0.25) is 0 Å². The van der Waals surface area contributed by atoms with Crippen molar-refractivity contribution in [3.63, 3.8) is 0 Å². The Bertz CT molecular complexity index is 775. The molecule has 1 aliphatic rings. The monoisotopic (exact) mass is 353 g/mol. The van der Waals surface area contributed by atoms with E-state index in [0.717, 1.165) is 10.5 Å². The van der Waals surface area contributed by atoms with Crippen molar-refractivity contribution in [2.24, 2.45) is 0 Å². The quantitative estimate of drug-likeness (QED) is 0.590. The lowest BCUT2D eigenvalue weighted by atomic mass is 10.0. The van der Waals surface area contributed by atoms with Gasteiger partial charge in [0.2, 0.25) is 5.91 Å². The number of rotatable bonds is 6. The molecule has 0 saturated carbocycles. The minimum Gasteiger partial charge on any atom is -0.460 e. The van der Waals surface area contributed by atoms with Crippen LogP contribution >= 0.6 is 0 Å². The Morgan fingerprint density at radius 2 is 1.62 bits per heavy atom. The molecule has 1 heterocycles. The van der Waals surface area contributed by atoms with Gasteiger partial charge in [-0.1, -0.05) is 48.5 Å². The predicted octanol–water partition coefficient (Wildman–Crippen LogP) is 2.82. The molecule has 1 fully saturated rings. The van der Waals surface area contributed by atoms with Gasteiger partial charge in [0.05, 0.1) is 24.6 Å². The van der Waals surface area contributed by atoms with Crippen LogP contribution in [0.5, 0.6) is 0 Å². The number of hydrogen-bond donors (Lipinski definition) is 0. The van der Waals surface area contributed by atoms with Crippen LogP contribution in [0.15, 0.2) is 60.7 Å². The number of likely N-dealkylation sites (tertiary alicyclic amines) is 1. The minimum absolute atomic E-state index is 0.0345. The van der Waals surface area contributed by atoms with Crippen molar-refractivity contribution in [1.82, 2.24) is 4.90 Å². The van der Waals surface area contributed by atoms with Crippen molar-refractivity contribution < 1.29 is 23.9 Å². The van der Waals surface area contributed by atoms with Crippen LogP contribution in [0.3, 0.4) is 0 Å². The molecular weight excluding hydrogens is 334 g/mol. The van der Waals surface area contributed by atoms with Gasteiger partial charge >= 0.3 is 12.1 Å². The average molecular weight is 353 g/mol. The third-order valence-electron chi connectivity index (χ3n) is 4.12. The third kappa shape index (κ3) is 4.27. The van der Waals surface area contributed by atoms with Gasteiger partial charge in [-0.25, -0.2) is 14.5 Å². The average Bonchev–Trinajstić information content (AvgIpc) is 2.66. The molecule has 26 heavy (non-hydrogen) atoms. The van der Waals surface area contributed by atoms with Crippen LogP contribution in [0.25, 0.3) is 0 Å². The molecule has 2 aromatic rings. The van der Waals surface area contributed by atoms with Crippen LogP contribution in [0.1, 0.15) is 22.3 Å². The number of ether oxygens (including phenoxy) is 2. The standard InChI is InChI=1S/C20H19NO5/c22-18-13-17(14-26-19(23)16-9-5-2-6-10-16)21(18)20(24)25-12-11-15-7-3-1-4-8-15/h1-10,17H,11-14H2. The molecule has 0 bridgehead atoms. The summed E-state index contributed by atoms with van der Waals surface area (Å²) in [7, 11) is 0. The first-order chi connectivity index (χ1) is 12.6. The van der Waals surface area contributed by atoms with Gasteiger partial charge in [-0.05, 0) is 17.7 Å². The maximum absolute atomic E-state index is 12.1. The molecule has 3 rings (SSSR count). The Labute approximate surface area is 151 Å². The molecular formula is C20H19NO5. The zero-order valence-electron chi connectivity index (χ0n) is 14.2. The molecule has 1 saturated heterocycles. The Kier molecular flexibility index (Phi) is 5.63. The van der Waals surface area contributed by atoms with E-state index < -0.39 is 18.1 Å². The van der Waals surface area contributed by atoms with Crippen molar-refractivity contribution in [1.29, 1.82) is 0 Å². The second kappa shape index (κ2) is 8.29. The lowest BCUT2D eigenvalue weighted by molar-refractivity contribution is -0.144. The summed E-state index contributed by atoms with van der Waals surface area (Å²) in [5.74, 6) is -0.808. The zero-order chi connectivity index (χ0) is 18.4. The molecule has 134 valence electrons. The third-order valence-corrected chi connectivity index (χ3v) is 4.12. The van der Waals surface area contributed by atoms with E-state index in [2.05, 4.69) is 0 Å². The maximum atomic E-state index is 12.1. The number of hydrogen-bond acceptors (Lipinski definition) is 5. The van der Waals surface area contributed by atoms with Gasteiger partial charge in [0.25, 0.3) is 0 Å². The lowest BCUT2D eigenvalue weighted by Gasteiger charge is -2.36. The highest BCUT2D eigenvalue weighted by Gasteiger charge is 2.42. The summed E-state index contributed by atoms with van der Waals surface area (Å²) in [6.07, 6.45) is 0.0379. The molecule has 1 atom stereocenters. The van der Waals surface area contributed by atoms with Crippen LogP contribution in [-0.2, 0) is 20.7 Å². The maximum Gasteiger partial charge on any atom is 0.416 e. The van der Waals surface area contributed by atoms with Gasteiger partial charge in [0.1, 0.15) is 6.61 Å². The smallest absolute Gasteiger partial charge is 0.416 e. The number of benzene rings is 2. The zero-order valence-corrected chi connectivity index (χ0v) is 14.2. The highest BCUT2D eigenvalue weighted by molar-refractivity contribution is 5.97. The topological polar surface area (TPSA) is 72.9 Å². The Morgan fingerprint density at radius 3 is 2.27 bits per heavy atom. The highest BCUT2D eigenvalue weighted by atomic mass is 16.6. The van der Waals surface area contributed by atoms with E-state index in [4.69, 9.17) is 9.47 Å². The van der Waals surface area contributed by atoms with Crippen molar-refractivity contribution in [2.75, 3.05) is 13.2 Å². The summed E-state index contributed by atoms with van der Waals surface area (Å²) < 4.78 is 10.4. The van der Waals surface area contributed by atoms with Crippen LogP contribution in [0.4, 0.5) is 4.79 Å². The summed E-state index contributed by atoms with van der Waals surface area (Å²) in [5, 5.41) is 0. The molecule has 1 aliphatic heterocycles. The second-order valence-electron chi connectivity index (χ2n) is 5.94. The van der Waals surface area contributed by atoms with E-state index in [1.807, 2.05) is 30.3 Å². The molecule has 6 nitrogen and oxygen atoms in total. The molecule has 2 amide bonds. The van der Waals surface area contributed by atoms with Gasteiger partial charge in [0.15, 0.2) is 0 Å². The van der Waals surface area contributed by atoms with Gasteiger partial charge < -0.3 is 9.47 Å². The van der Waals surface area contributed by atoms with Crippen molar-refractivity contribution in [2.45, 2.75) is 18.9 Å². The molecule has 6 heteroatoms. The largest absolute Gasteiger partial charge is 0.460 e. The van der Waals surface area contributed by atoms with E-state index >= 15 is 0 Å². The van der Waals surface area contributed by atoms with E-state index in [9.17, 15) is 14.4 Å². The number of imide groups is 1. The number of amides is 2. The van der Waals surface area contributed by atoms with E-state index in [1.54, 1.807) is 30.3 Å². The van der Waals surface area contributed by atoms with Crippen molar-refractivity contribution >= 4 is 18.0 Å². The summed E-state index contributed by atoms with van der Waals surface area (Å²) in [4.78, 5) is 36.8. The number of carbonyl (C=O) groups excluding carboxylic acids is 3. The Hall–Kier alpha value is -3.15. The SMILES string of the molecule is O=C(OCC1CC(=O)N1C(=O)OCCc1ccccc1)c1ccccc1. The Balaban J connectivity index is 1.45.